The summed E-state index contributed by atoms with van der Waals surface area (Å²) < 4.78 is 4.48. The van der Waals surface area contributed by atoms with E-state index >= 15 is 0 Å². The Morgan fingerprint density at radius 1 is 1.47 bits per heavy atom. The fourth-order valence-corrected chi connectivity index (χ4v) is 1.60. The minimum atomic E-state index is -0.630. The van der Waals surface area contributed by atoms with Crippen LogP contribution in [0.5, 0.6) is 0 Å². The third-order valence-corrected chi connectivity index (χ3v) is 2.62. The number of aromatic nitrogens is 2. The Balaban J connectivity index is 2.83. The lowest BCUT2D eigenvalue weighted by Gasteiger charge is -2.18. The molecule has 6 nitrogen and oxygen atoms in total. The van der Waals surface area contributed by atoms with E-state index < -0.39 is 5.91 Å². The van der Waals surface area contributed by atoms with Crippen molar-refractivity contribution in [2.24, 2.45) is 5.73 Å². The second kappa shape index (κ2) is 3.44. The topological polar surface area (TPSA) is 96.1 Å². The maximum absolute atomic E-state index is 11.4. The molecule has 17 heavy (non-hydrogen) atoms. The van der Waals surface area contributed by atoms with Crippen LogP contribution in [-0.2, 0) is 5.41 Å². The van der Waals surface area contributed by atoms with Crippen molar-refractivity contribution < 1.29 is 14.3 Å². The molecule has 0 aliphatic heterocycles. The van der Waals surface area contributed by atoms with E-state index in [1.54, 1.807) is 12.1 Å². The van der Waals surface area contributed by atoms with Gasteiger partial charge >= 0.3 is 0 Å². The summed E-state index contributed by atoms with van der Waals surface area (Å²) in [6.45, 7) is 5.92. The molecule has 0 radical (unpaired) electrons. The molecular weight excluding hydrogens is 222 g/mol. The minimum Gasteiger partial charge on any atom is -0.365 e. The lowest BCUT2D eigenvalue weighted by Crippen LogP contribution is -2.24. The van der Waals surface area contributed by atoms with Crippen LogP contribution in [0.2, 0.25) is 0 Å². The first-order chi connectivity index (χ1) is 7.80. The van der Waals surface area contributed by atoms with Gasteiger partial charge < -0.3 is 10.9 Å². The van der Waals surface area contributed by atoms with Gasteiger partial charge in [0, 0.05) is 5.16 Å². The molecule has 0 atom stereocenters. The molecule has 0 saturated carbocycles. The zero-order valence-electron chi connectivity index (χ0n) is 9.85. The molecule has 0 saturated heterocycles. The average molecular weight is 235 g/mol. The predicted molar refractivity (Wildman–Crippen MR) is 60.2 cm³/mol. The van der Waals surface area contributed by atoms with Gasteiger partial charge in [-0.2, -0.15) is 0 Å². The first-order valence-corrected chi connectivity index (χ1v) is 5.14. The van der Waals surface area contributed by atoms with Gasteiger partial charge in [-0.15, -0.1) is 0 Å². The summed E-state index contributed by atoms with van der Waals surface area (Å²) in [5, 5.41) is 14.9. The predicted octanol–water partition coefficient (Wildman–Crippen LogP) is 0.858. The van der Waals surface area contributed by atoms with Crippen LogP contribution in [0.25, 0.3) is 11.0 Å². The van der Waals surface area contributed by atoms with Crippen LogP contribution in [0.1, 0.15) is 36.7 Å². The molecule has 90 valence electrons. The Kier molecular flexibility index (Phi) is 2.30. The second-order valence-electron chi connectivity index (χ2n) is 4.94. The van der Waals surface area contributed by atoms with E-state index in [9.17, 15) is 10.0 Å². The Bertz CT molecular complexity index is 596. The number of amides is 1. The molecule has 1 heterocycles. The first-order valence-electron chi connectivity index (χ1n) is 5.14. The molecule has 0 fully saturated rings. The van der Waals surface area contributed by atoms with E-state index in [0.717, 1.165) is 5.56 Å². The number of rotatable bonds is 1. The lowest BCUT2D eigenvalue weighted by molar-refractivity contribution is -0.782. The van der Waals surface area contributed by atoms with Crippen molar-refractivity contribution in [1.29, 1.82) is 0 Å². The average Bonchev–Trinajstić information content (AvgIpc) is 2.58. The number of hydrogen-bond donors (Lipinski definition) is 1. The summed E-state index contributed by atoms with van der Waals surface area (Å²) in [5.74, 6) is -0.630. The van der Waals surface area contributed by atoms with Crippen molar-refractivity contribution in [3.63, 3.8) is 0 Å². The normalized spacial score (nSPS) is 11.9. The molecule has 2 rings (SSSR count). The SMILES string of the molecule is CC(C)(C)c1cc(C(N)=O)c2no[n+]([O-])c2c1. The van der Waals surface area contributed by atoms with E-state index in [0.29, 0.717) is 0 Å². The molecule has 0 aliphatic carbocycles. The van der Waals surface area contributed by atoms with Gasteiger partial charge in [-0.1, -0.05) is 20.8 Å². The number of hydrogen-bond acceptors (Lipinski definition) is 4. The van der Waals surface area contributed by atoms with Crippen molar-refractivity contribution in [2.75, 3.05) is 0 Å². The molecule has 2 aromatic rings. The van der Waals surface area contributed by atoms with Crippen LogP contribution in [0.15, 0.2) is 16.8 Å². The number of benzene rings is 1. The molecule has 2 N–H and O–H groups in total. The third-order valence-electron chi connectivity index (χ3n) is 2.62. The number of carbonyl (C=O) groups excluding carboxylic acids is 1. The van der Waals surface area contributed by atoms with Crippen molar-refractivity contribution in [3.05, 3.63) is 28.5 Å². The van der Waals surface area contributed by atoms with E-state index in [4.69, 9.17) is 5.73 Å². The number of fused-ring (bicyclic) bond motifs is 1. The molecule has 0 spiro atoms. The van der Waals surface area contributed by atoms with E-state index in [1.807, 2.05) is 20.8 Å². The molecule has 0 aliphatic rings. The monoisotopic (exact) mass is 235 g/mol. The van der Waals surface area contributed by atoms with Gasteiger partial charge in [0.2, 0.25) is 5.52 Å². The maximum Gasteiger partial charge on any atom is 0.261 e. The number of nitrogens with two attached hydrogens (primary N) is 1. The molecule has 1 aromatic carbocycles. The third kappa shape index (κ3) is 1.82. The summed E-state index contributed by atoms with van der Waals surface area (Å²) in [6.07, 6.45) is 0. The zero-order valence-corrected chi connectivity index (χ0v) is 9.85. The minimum absolute atomic E-state index is 0.195. The van der Waals surface area contributed by atoms with Gasteiger partial charge in [-0.3, -0.25) is 9.42 Å². The highest BCUT2D eigenvalue weighted by molar-refractivity contribution is 6.03. The highest BCUT2D eigenvalue weighted by Gasteiger charge is 2.24. The second-order valence-corrected chi connectivity index (χ2v) is 4.94. The molecule has 1 amide bonds. The lowest BCUT2D eigenvalue weighted by atomic mass is 9.85. The largest absolute Gasteiger partial charge is 0.365 e. The molecule has 0 bridgehead atoms. The fraction of sp³-hybridized carbons (Fsp3) is 0.364. The van der Waals surface area contributed by atoms with E-state index in [2.05, 4.69) is 9.79 Å². The number of primary amides is 1. The highest BCUT2D eigenvalue weighted by atomic mass is 16.8. The number of carbonyl (C=O) groups is 1. The quantitative estimate of drug-likeness (QED) is 0.741. The fourth-order valence-electron chi connectivity index (χ4n) is 1.60. The van der Waals surface area contributed by atoms with Crippen molar-refractivity contribution >= 4 is 16.9 Å². The summed E-state index contributed by atoms with van der Waals surface area (Å²) in [6, 6.07) is 3.30. The van der Waals surface area contributed by atoms with Crippen LogP contribution in [0.3, 0.4) is 0 Å². The van der Waals surface area contributed by atoms with Crippen LogP contribution >= 0.6 is 0 Å². The Morgan fingerprint density at radius 3 is 2.65 bits per heavy atom. The van der Waals surface area contributed by atoms with E-state index in [1.165, 1.54) is 0 Å². The molecule has 0 unspecified atom stereocenters. The Morgan fingerprint density at radius 2 is 2.12 bits per heavy atom. The summed E-state index contributed by atoms with van der Waals surface area (Å²) in [7, 11) is 0. The molecular formula is C11H13N3O3. The summed E-state index contributed by atoms with van der Waals surface area (Å²) in [4.78, 5) is 11.6. The van der Waals surface area contributed by atoms with Crippen LogP contribution < -0.4 is 10.6 Å². The van der Waals surface area contributed by atoms with Crippen molar-refractivity contribution in [1.82, 2.24) is 5.16 Å². The van der Waals surface area contributed by atoms with Gasteiger partial charge in [0.1, 0.15) is 0 Å². The van der Waals surface area contributed by atoms with Crippen LogP contribution in [0, 0.1) is 5.21 Å². The summed E-state index contributed by atoms with van der Waals surface area (Å²) >= 11 is 0. The van der Waals surface area contributed by atoms with Crippen molar-refractivity contribution in [3.8, 4) is 0 Å². The van der Waals surface area contributed by atoms with Crippen molar-refractivity contribution in [2.45, 2.75) is 26.2 Å². The Labute approximate surface area is 97.5 Å². The first kappa shape index (κ1) is 11.4. The maximum atomic E-state index is 11.4. The molecule has 6 heteroatoms. The van der Waals surface area contributed by atoms with Crippen LogP contribution in [0.4, 0.5) is 0 Å². The standard InChI is InChI=1S/C11H13N3O3/c1-11(2,3)6-4-7(10(12)15)9-8(5-6)14(16)17-13-9/h4-5H,1-3H3,(H2,12,15). The zero-order chi connectivity index (χ0) is 12.8. The smallest absolute Gasteiger partial charge is 0.261 e. The van der Waals surface area contributed by atoms with Gasteiger partial charge in [-0.05, 0) is 28.0 Å². The molecule has 1 aromatic heterocycles. The van der Waals surface area contributed by atoms with Gasteiger partial charge in [-0.25, -0.2) is 0 Å². The van der Waals surface area contributed by atoms with Crippen LogP contribution in [-0.4, -0.2) is 11.1 Å². The number of nitrogens with zero attached hydrogens (tertiary/aromatic N) is 2. The summed E-state index contributed by atoms with van der Waals surface area (Å²) in [5.41, 5.74) is 6.50. The van der Waals surface area contributed by atoms with Gasteiger partial charge in [0.15, 0.2) is 0 Å². The van der Waals surface area contributed by atoms with Gasteiger partial charge in [0.05, 0.1) is 5.56 Å². The van der Waals surface area contributed by atoms with Gasteiger partial charge in [0.25, 0.3) is 11.4 Å². The Hall–Kier alpha value is -2.11. The van der Waals surface area contributed by atoms with E-state index in [-0.39, 0.29) is 26.9 Å². The highest BCUT2D eigenvalue weighted by Crippen LogP contribution is 2.26.